The molecule has 0 spiro atoms. The highest BCUT2D eigenvalue weighted by molar-refractivity contribution is 6.02. The van der Waals surface area contributed by atoms with E-state index >= 15 is 0 Å². The molecular formula is C13H11FN2O. The molecule has 1 N–H and O–H groups in total. The second kappa shape index (κ2) is 4.33. The van der Waals surface area contributed by atoms with E-state index in [0.717, 1.165) is 10.9 Å². The summed E-state index contributed by atoms with van der Waals surface area (Å²) in [4.78, 5) is 10.2. The third-order valence-corrected chi connectivity index (χ3v) is 2.56. The van der Waals surface area contributed by atoms with Crippen LogP contribution in [0.25, 0.3) is 10.9 Å². The van der Waals surface area contributed by atoms with E-state index in [1.807, 2.05) is 6.92 Å². The number of nitrogens with zero attached hydrogens (tertiary/aromatic N) is 1. The first-order chi connectivity index (χ1) is 8.13. The first-order valence-electron chi connectivity index (χ1n) is 5.11. The molecule has 0 aliphatic heterocycles. The summed E-state index contributed by atoms with van der Waals surface area (Å²) in [6, 6.07) is 4.46. The van der Waals surface area contributed by atoms with Crippen LogP contribution in [-0.2, 0) is 4.79 Å². The summed E-state index contributed by atoms with van der Waals surface area (Å²) in [6.07, 6.45) is 4.97. The van der Waals surface area contributed by atoms with Crippen molar-refractivity contribution >= 4 is 23.0 Å². The standard InChI is InChI=1S/C13H11FN2O/c1-9-8-16(13(15)3-2-6-17)12-7-10(14)4-5-11(9)12/h2-8,15H,1H3/b3-2-,15-13?. The second-order valence-electron chi connectivity index (χ2n) is 3.72. The minimum Gasteiger partial charge on any atom is -0.301 e. The highest BCUT2D eigenvalue weighted by atomic mass is 19.1. The van der Waals surface area contributed by atoms with Crippen molar-refractivity contribution in [3.8, 4) is 0 Å². The van der Waals surface area contributed by atoms with Crippen LogP contribution < -0.4 is 0 Å². The summed E-state index contributed by atoms with van der Waals surface area (Å²) in [5, 5.41) is 8.69. The molecule has 2 aromatic rings. The SMILES string of the molecule is Cc1cn(C(=N)/C=C\C=O)c2cc(F)ccc12. The average Bonchev–Trinajstić information content (AvgIpc) is 2.63. The molecule has 0 bridgehead atoms. The third kappa shape index (κ3) is 2.01. The number of allylic oxidation sites excluding steroid dienone is 2. The van der Waals surface area contributed by atoms with Gasteiger partial charge in [0.2, 0.25) is 0 Å². The van der Waals surface area contributed by atoms with E-state index in [-0.39, 0.29) is 11.7 Å². The lowest BCUT2D eigenvalue weighted by atomic mass is 10.2. The molecule has 3 nitrogen and oxygen atoms in total. The summed E-state index contributed by atoms with van der Waals surface area (Å²) in [6.45, 7) is 1.90. The molecule has 1 aromatic carbocycles. The van der Waals surface area contributed by atoms with Gasteiger partial charge < -0.3 is 4.57 Å². The van der Waals surface area contributed by atoms with E-state index < -0.39 is 0 Å². The van der Waals surface area contributed by atoms with Crippen LogP contribution in [0.4, 0.5) is 4.39 Å². The largest absolute Gasteiger partial charge is 0.301 e. The van der Waals surface area contributed by atoms with Gasteiger partial charge >= 0.3 is 0 Å². The molecule has 0 aliphatic carbocycles. The molecule has 0 saturated carbocycles. The smallest absolute Gasteiger partial charge is 0.142 e. The zero-order chi connectivity index (χ0) is 12.4. The minimum absolute atomic E-state index is 0.126. The summed E-state index contributed by atoms with van der Waals surface area (Å²) < 4.78 is 14.7. The van der Waals surface area contributed by atoms with Gasteiger partial charge in [-0.15, -0.1) is 0 Å². The van der Waals surface area contributed by atoms with Gasteiger partial charge in [0.1, 0.15) is 17.9 Å². The molecule has 1 heterocycles. The van der Waals surface area contributed by atoms with Crippen LogP contribution in [0.1, 0.15) is 5.56 Å². The van der Waals surface area contributed by atoms with Gasteiger partial charge in [-0.25, -0.2) is 4.39 Å². The number of aromatic nitrogens is 1. The minimum atomic E-state index is -0.344. The summed E-state index contributed by atoms with van der Waals surface area (Å²) in [5.41, 5.74) is 1.59. The highest BCUT2D eigenvalue weighted by Crippen LogP contribution is 2.21. The highest BCUT2D eigenvalue weighted by Gasteiger charge is 2.08. The number of aryl methyl sites for hydroxylation is 1. The van der Waals surface area contributed by atoms with Crippen LogP contribution in [-0.4, -0.2) is 16.7 Å². The second-order valence-corrected chi connectivity index (χ2v) is 3.72. The zero-order valence-corrected chi connectivity index (χ0v) is 9.27. The van der Waals surface area contributed by atoms with Crippen LogP contribution in [0.2, 0.25) is 0 Å². The van der Waals surface area contributed by atoms with Crippen molar-refractivity contribution in [3.63, 3.8) is 0 Å². The Morgan fingerprint density at radius 3 is 2.94 bits per heavy atom. The molecule has 4 heteroatoms. The lowest BCUT2D eigenvalue weighted by Crippen LogP contribution is -2.05. The molecule has 0 fully saturated rings. The fraction of sp³-hybridized carbons (Fsp3) is 0.0769. The van der Waals surface area contributed by atoms with E-state index in [9.17, 15) is 9.18 Å². The molecule has 17 heavy (non-hydrogen) atoms. The fourth-order valence-electron chi connectivity index (χ4n) is 1.78. The molecule has 0 radical (unpaired) electrons. The Morgan fingerprint density at radius 2 is 2.24 bits per heavy atom. The van der Waals surface area contributed by atoms with Crippen molar-refractivity contribution in [3.05, 3.63) is 47.9 Å². The Bertz CT molecular complexity index is 626. The van der Waals surface area contributed by atoms with Crippen LogP contribution in [0.15, 0.2) is 36.5 Å². The quantitative estimate of drug-likeness (QED) is 0.366. The normalized spacial score (nSPS) is 11.2. The molecule has 86 valence electrons. The first kappa shape index (κ1) is 11.3. The number of carbonyl (C=O) groups excluding carboxylic acids is 1. The van der Waals surface area contributed by atoms with E-state index in [2.05, 4.69) is 0 Å². The van der Waals surface area contributed by atoms with Crippen molar-refractivity contribution in [2.45, 2.75) is 6.92 Å². The first-order valence-corrected chi connectivity index (χ1v) is 5.11. The monoisotopic (exact) mass is 230 g/mol. The number of aldehydes is 1. The zero-order valence-electron chi connectivity index (χ0n) is 9.27. The Kier molecular flexibility index (Phi) is 2.87. The maximum atomic E-state index is 13.2. The van der Waals surface area contributed by atoms with E-state index in [0.29, 0.717) is 11.8 Å². The average molecular weight is 230 g/mol. The Balaban J connectivity index is 2.61. The number of hydrogen-bond acceptors (Lipinski definition) is 2. The number of halogens is 1. The van der Waals surface area contributed by atoms with Gasteiger partial charge in [-0.1, -0.05) is 0 Å². The van der Waals surface area contributed by atoms with Gasteiger partial charge in [0.15, 0.2) is 0 Å². The van der Waals surface area contributed by atoms with Crippen molar-refractivity contribution in [1.29, 1.82) is 5.41 Å². The number of fused-ring (bicyclic) bond motifs is 1. The summed E-state index contributed by atoms with van der Waals surface area (Å²) in [7, 11) is 0. The molecule has 1 aromatic heterocycles. The van der Waals surface area contributed by atoms with Crippen LogP contribution in [0.3, 0.4) is 0 Å². The van der Waals surface area contributed by atoms with Gasteiger partial charge in [0.05, 0.1) is 5.52 Å². The van der Waals surface area contributed by atoms with Gasteiger partial charge in [0.25, 0.3) is 0 Å². The van der Waals surface area contributed by atoms with Crippen LogP contribution >= 0.6 is 0 Å². The summed E-state index contributed by atoms with van der Waals surface area (Å²) in [5.74, 6) is -0.218. The Morgan fingerprint density at radius 1 is 1.47 bits per heavy atom. The Hall–Kier alpha value is -2.23. The maximum absolute atomic E-state index is 13.2. The lowest BCUT2D eigenvalue weighted by Gasteiger charge is -2.02. The number of rotatable bonds is 2. The van der Waals surface area contributed by atoms with Gasteiger partial charge in [-0.05, 0) is 42.8 Å². The molecule has 0 unspecified atom stereocenters. The number of hydrogen-bond donors (Lipinski definition) is 1. The van der Waals surface area contributed by atoms with Crippen molar-refractivity contribution in [2.75, 3.05) is 0 Å². The molecular weight excluding hydrogens is 219 g/mol. The van der Waals surface area contributed by atoms with E-state index in [1.54, 1.807) is 16.8 Å². The van der Waals surface area contributed by atoms with Crippen molar-refractivity contribution in [2.24, 2.45) is 0 Å². The lowest BCUT2D eigenvalue weighted by molar-refractivity contribution is -0.104. The van der Waals surface area contributed by atoms with Crippen molar-refractivity contribution in [1.82, 2.24) is 4.57 Å². The Labute approximate surface area is 97.7 Å². The third-order valence-electron chi connectivity index (χ3n) is 2.56. The predicted molar refractivity (Wildman–Crippen MR) is 65.0 cm³/mol. The van der Waals surface area contributed by atoms with Gasteiger partial charge in [-0.2, -0.15) is 0 Å². The number of benzene rings is 1. The maximum Gasteiger partial charge on any atom is 0.142 e. The fourth-order valence-corrected chi connectivity index (χ4v) is 1.78. The molecule has 0 aliphatic rings. The van der Waals surface area contributed by atoms with Crippen LogP contribution in [0, 0.1) is 18.2 Å². The topological polar surface area (TPSA) is 45.9 Å². The van der Waals surface area contributed by atoms with Gasteiger partial charge in [-0.3, -0.25) is 10.2 Å². The molecule has 0 atom stereocenters. The molecule has 0 amide bonds. The number of nitrogens with one attached hydrogen (secondary N) is 1. The van der Waals surface area contributed by atoms with Crippen LogP contribution in [0.5, 0.6) is 0 Å². The van der Waals surface area contributed by atoms with E-state index in [4.69, 9.17) is 5.41 Å². The molecule has 0 saturated heterocycles. The molecule has 2 rings (SSSR count). The predicted octanol–water partition coefficient (Wildman–Crippen LogP) is 2.67. The van der Waals surface area contributed by atoms with Gasteiger partial charge in [0, 0.05) is 11.6 Å². The number of carbonyl (C=O) groups is 1. The summed E-state index contributed by atoms with van der Waals surface area (Å²) >= 11 is 0. The van der Waals surface area contributed by atoms with Crippen molar-refractivity contribution < 1.29 is 9.18 Å². The van der Waals surface area contributed by atoms with E-state index in [1.165, 1.54) is 24.3 Å².